The number of nitrogens with one attached hydrogen (secondary N) is 1. The maximum Gasteiger partial charge on any atom is 0.321 e. The highest BCUT2D eigenvalue weighted by atomic mass is 79.9. The Hall–Kier alpha value is -2.67. The second-order valence-electron chi connectivity index (χ2n) is 7.02. The molecule has 1 aromatic heterocycles. The third kappa shape index (κ3) is 4.25. The standard InChI is InChI=1S/C21H21BrN4O2/c1-14-3-2-4-18(13-14)23-21(27)26-11-9-16(10-12-26)20-24-19(25-28-20)15-5-7-17(22)8-6-15/h2-8,13,16H,9-12H2,1H3,(H,23,27). The number of aryl methyl sites for hydroxylation is 1. The van der Waals surface area contributed by atoms with E-state index in [4.69, 9.17) is 4.52 Å². The predicted octanol–water partition coefficient (Wildman–Crippen LogP) is 5.22. The summed E-state index contributed by atoms with van der Waals surface area (Å²) in [5, 5.41) is 7.08. The molecule has 0 aliphatic carbocycles. The zero-order valence-electron chi connectivity index (χ0n) is 15.6. The summed E-state index contributed by atoms with van der Waals surface area (Å²) in [6.07, 6.45) is 1.62. The molecule has 1 N–H and O–H groups in total. The summed E-state index contributed by atoms with van der Waals surface area (Å²) in [6.45, 7) is 3.34. The average Bonchev–Trinajstić information content (AvgIpc) is 3.19. The van der Waals surface area contributed by atoms with E-state index in [0.717, 1.165) is 34.1 Å². The number of hydrogen-bond acceptors (Lipinski definition) is 4. The van der Waals surface area contributed by atoms with E-state index in [2.05, 4.69) is 31.4 Å². The van der Waals surface area contributed by atoms with Crippen molar-refractivity contribution in [3.8, 4) is 11.4 Å². The Morgan fingerprint density at radius 3 is 2.64 bits per heavy atom. The van der Waals surface area contributed by atoms with Crippen LogP contribution in [0.1, 0.15) is 30.2 Å². The molecule has 0 bridgehead atoms. The Labute approximate surface area is 172 Å². The van der Waals surface area contributed by atoms with Crippen molar-refractivity contribution in [2.24, 2.45) is 0 Å². The maximum atomic E-state index is 12.5. The van der Waals surface area contributed by atoms with Gasteiger partial charge in [-0.2, -0.15) is 4.98 Å². The monoisotopic (exact) mass is 440 g/mol. The van der Waals surface area contributed by atoms with Gasteiger partial charge in [-0.15, -0.1) is 0 Å². The number of aromatic nitrogens is 2. The molecule has 2 heterocycles. The molecule has 1 saturated heterocycles. The SMILES string of the molecule is Cc1cccc(NC(=O)N2CCC(c3nc(-c4ccc(Br)cc4)no3)CC2)c1. The van der Waals surface area contributed by atoms with Crippen LogP contribution in [0.5, 0.6) is 0 Å². The molecule has 6 nitrogen and oxygen atoms in total. The van der Waals surface area contributed by atoms with Gasteiger partial charge in [-0.05, 0) is 61.7 Å². The van der Waals surface area contributed by atoms with Gasteiger partial charge < -0.3 is 14.7 Å². The summed E-state index contributed by atoms with van der Waals surface area (Å²) < 4.78 is 6.51. The maximum absolute atomic E-state index is 12.5. The van der Waals surface area contributed by atoms with E-state index in [1.807, 2.05) is 60.4 Å². The van der Waals surface area contributed by atoms with Crippen LogP contribution >= 0.6 is 15.9 Å². The number of rotatable bonds is 3. The lowest BCUT2D eigenvalue weighted by Gasteiger charge is -2.30. The van der Waals surface area contributed by atoms with E-state index in [9.17, 15) is 4.79 Å². The van der Waals surface area contributed by atoms with Gasteiger partial charge in [0.05, 0.1) is 0 Å². The smallest absolute Gasteiger partial charge is 0.321 e. The normalized spacial score (nSPS) is 14.9. The van der Waals surface area contributed by atoms with Crippen LogP contribution in [0.15, 0.2) is 57.5 Å². The van der Waals surface area contributed by atoms with Crippen molar-refractivity contribution in [1.82, 2.24) is 15.0 Å². The summed E-state index contributed by atoms with van der Waals surface area (Å²) in [6, 6.07) is 15.6. The van der Waals surface area contributed by atoms with Gasteiger partial charge in [-0.25, -0.2) is 4.79 Å². The fourth-order valence-corrected chi connectivity index (χ4v) is 3.64. The van der Waals surface area contributed by atoms with Gasteiger partial charge in [0.25, 0.3) is 0 Å². The first-order chi connectivity index (χ1) is 13.6. The number of hydrogen-bond donors (Lipinski definition) is 1. The van der Waals surface area contributed by atoms with Gasteiger partial charge in [0.15, 0.2) is 0 Å². The summed E-state index contributed by atoms with van der Waals surface area (Å²) in [5.41, 5.74) is 2.87. The molecule has 1 aliphatic rings. The highest BCUT2D eigenvalue weighted by Crippen LogP contribution is 2.29. The summed E-state index contributed by atoms with van der Waals surface area (Å²) in [7, 11) is 0. The summed E-state index contributed by atoms with van der Waals surface area (Å²) in [5.74, 6) is 1.43. The molecule has 0 atom stereocenters. The van der Waals surface area contributed by atoms with E-state index in [0.29, 0.717) is 24.8 Å². The minimum absolute atomic E-state index is 0.0647. The number of carbonyl (C=O) groups excluding carboxylic acids is 1. The number of amides is 2. The fourth-order valence-electron chi connectivity index (χ4n) is 3.37. The van der Waals surface area contributed by atoms with Gasteiger partial charge in [0.1, 0.15) is 0 Å². The Morgan fingerprint density at radius 1 is 1.18 bits per heavy atom. The van der Waals surface area contributed by atoms with Crippen LogP contribution in [0.2, 0.25) is 0 Å². The lowest BCUT2D eigenvalue weighted by Crippen LogP contribution is -2.40. The molecule has 4 rings (SSSR count). The second kappa shape index (κ2) is 8.14. The Bertz CT molecular complexity index is 963. The van der Waals surface area contributed by atoms with E-state index < -0.39 is 0 Å². The minimum Gasteiger partial charge on any atom is -0.339 e. The summed E-state index contributed by atoms with van der Waals surface area (Å²) in [4.78, 5) is 18.9. The van der Waals surface area contributed by atoms with Gasteiger partial charge in [-0.3, -0.25) is 0 Å². The zero-order valence-corrected chi connectivity index (χ0v) is 17.1. The van der Waals surface area contributed by atoms with Crippen molar-refractivity contribution in [2.45, 2.75) is 25.7 Å². The topological polar surface area (TPSA) is 71.3 Å². The van der Waals surface area contributed by atoms with Crippen LogP contribution in [-0.2, 0) is 0 Å². The van der Waals surface area contributed by atoms with E-state index in [1.54, 1.807) is 0 Å². The van der Waals surface area contributed by atoms with Gasteiger partial charge in [-0.1, -0.05) is 33.2 Å². The minimum atomic E-state index is -0.0647. The van der Waals surface area contributed by atoms with Crippen molar-refractivity contribution in [3.05, 3.63) is 64.5 Å². The Morgan fingerprint density at radius 2 is 1.93 bits per heavy atom. The number of piperidine rings is 1. The van der Waals surface area contributed by atoms with E-state index in [-0.39, 0.29) is 11.9 Å². The van der Waals surface area contributed by atoms with Gasteiger partial charge in [0.2, 0.25) is 11.7 Å². The number of halogens is 1. The lowest BCUT2D eigenvalue weighted by atomic mass is 9.97. The molecule has 144 valence electrons. The van der Waals surface area contributed by atoms with Crippen LogP contribution in [0.3, 0.4) is 0 Å². The largest absolute Gasteiger partial charge is 0.339 e. The molecule has 7 heteroatoms. The molecule has 3 aromatic rings. The quantitative estimate of drug-likeness (QED) is 0.605. The van der Waals surface area contributed by atoms with Crippen molar-refractivity contribution >= 4 is 27.6 Å². The average molecular weight is 441 g/mol. The van der Waals surface area contributed by atoms with Crippen LogP contribution in [0.25, 0.3) is 11.4 Å². The van der Waals surface area contributed by atoms with Gasteiger partial charge in [0, 0.05) is 34.7 Å². The first kappa shape index (κ1) is 18.7. The van der Waals surface area contributed by atoms with E-state index in [1.165, 1.54) is 0 Å². The summed E-state index contributed by atoms with van der Waals surface area (Å²) >= 11 is 3.43. The first-order valence-electron chi connectivity index (χ1n) is 9.30. The molecule has 0 saturated carbocycles. The van der Waals surface area contributed by atoms with Crippen molar-refractivity contribution in [3.63, 3.8) is 0 Å². The number of likely N-dealkylation sites (tertiary alicyclic amines) is 1. The number of nitrogens with zero attached hydrogens (tertiary/aromatic N) is 3. The molecular weight excluding hydrogens is 420 g/mol. The molecule has 1 fully saturated rings. The molecular formula is C21H21BrN4O2. The fraction of sp³-hybridized carbons (Fsp3) is 0.286. The Balaban J connectivity index is 1.35. The van der Waals surface area contributed by atoms with Crippen molar-refractivity contribution < 1.29 is 9.32 Å². The number of benzene rings is 2. The number of urea groups is 1. The molecule has 0 unspecified atom stereocenters. The highest BCUT2D eigenvalue weighted by Gasteiger charge is 2.27. The van der Waals surface area contributed by atoms with Gasteiger partial charge >= 0.3 is 6.03 Å². The number of carbonyl (C=O) groups is 1. The number of anilines is 1. The molecule has 0 spiro atoms. The van der Waals surface area contributed by atoms with Crippen LogP contribution in [0.4, 0.5) is 10.5 Å². The molecule has 2 amide bonds. The predicted molar refractivity (Wildman–Crippen MR) is 111 cm³/mol. The highest BCUT2D eigenvalue weighted by molar-refractivity contribution is 9.10. The second-order valence-corrected chi connectivity index (χ2v) is 7.94. The molecule has 0 radical (unpaired) electrons. The van der Waals surface area contributed by atoms with Crippen LogP contribution in [0, 0.1) is 6.92 Å². The Kier molecular flexibility index (Phi) is 5.43. The van der Waals surface area contributed by atoms with E-state index >= 15 is 0 Å². The van der Waals surface area contributed by atoms with Crippen LogP contribution < -0.4 is 5.32 Å². The third-order valence-corrected chi connectivity index (χ3v) is 5.47. The zero-order chi connectivity index (χ0) is 19.5. The van der Waals surface area contributed by atoms with Crippen molar-refractivity contribution in [1.29, 1.82) is 0 Å². The third-order valence-electron chi connectivity index (χ3n) is 4.94. The lowest BCUT2D eigenvalue weighted by molar-refractivity contribution is 0.187. The molecule has 2 aromatic carbocycles. The van der Waals surface area contributed by atoms with Crippen molar-refractivity contribution in [2.75, 3.05) is 18.4 Å². The molecule has 28 heavy (non-hydrogen) atoms. The first-order valence-corrected chi connectivity index (χ1v) is 10.1. The van der Waals surface area contributed by atoms with Crippen LogP contribution in [-0.4, -0.2) is 34.2 Å². The molecule has 1 aliphatic heterocycles.